The minimum absolute atomic E-state index is 0.219. The van der Waals surface area contributed by atoms with Crippen molar-refractivity contribution in [3.8, 4) is 0 Å². The topological polar surface area (TPSA) is 61.6 Å². The third-order valence-corrected chi connectivity index (χ3v) is 3.28. The molecule has 0 saturated carbocycles. The smallest absolute Gasteiger partial charge is 0.382 e. The quantitative estimate of drug-likeness (QED) is 0.682. The van der Waals surface area contributed by atoms with Crippen LogP contribution in [0.15, 0.2) is 17.1 Å². The lowest BCUT2D eigenvalue weighted by molar-refractivity contribution is 0.229. The highest BCUT2D eigenvalue weighted by Gasteiger charge is 2.29. The summed E-state index contributed by atoms with van der Waals surface area (Å²) in [5.74, 6) is 0. The van der Waals surface area contributed by atoms with Crippen molar-refractivity contribution < 1.29 is 18.0 Å². The van der Waals surface area contributed by atoms with Crippen LogP contribution in [0.2, 0.25) is 0 Å². The zero-order valence-corrected chi connectivity index (χ0v) is 8.49. The molecule has 6 heteroatoms. The van der Waals surface area contributed by atoms with Gasteiger partial charge in [-0.25, -0.2) is 4.98 Å². The standard InChI is InChI=1S/C7H12NO4P/c1-3-11-13(9,12-4-2)7-5-10-6-8-7/h5-6H,3-4H2,1-2H3. The number of rotatable bonds is 5. The van der Waals surface area contributed by atoms with Gasteiger partial charge in [0.05, 0.1) is 13.2 Å². The van der Waals surface area contributed by atoms with E-state index >= 15 is 0 Å². The number of hydrogen-bond acceptors (Lipinski definition) is 5. The lowest BCUT2D eigenvalue weighted by Crippen LogP contribution is -2.10. The number of nitrogens with zero attached hydrogens (tertiary/aromatic N) is 1. The van der Waals surface area contributed by atoms with E-state index < -0.39 is 7.60 Å². The Hall–Kier alpha value is -0.640. The minimum Gasteiger partial charge on any atom is -0.451 e. The number of oxazole rings is 1. The third kappa shape index (κ3) is 2.40. The third-order valence-electron chi connectivity index (χ3n) is 1.30. The molecule has 0 bridgehead atoms. The van der Waals surface area contributed by atoms with Gasteiger partial charge in [0.1, 0.15) is 6.26 Å². The van der Waals surface area contributed by atoms with Gasteiger partial charge in [0, 0.05) is 0 Å². The van der Waals surface area contributed by atoms with E-state index in [1.165, 1.54) is 12.7 Å². The molecule has 1 aromatic heterocycles. The van der Waals surface area contributed by atoms with E-state index in [9.17, 15) is 4.57 Å². The van der Waals surface area contributed by atoms with Gasteiger partial charge in [0.25, 0.3) is 0 Å². The average Bonchev–Trinajstić information content (AvgIpc) is 2.57. The SMILES string of the molecule is CCOP(=O)(OCC)c1cocn1. The Kier molecular flexibility index (Phi) is 3.66. The summed E-state index contributed by atoms with van der Waals surface area (Å²) < 4.78 is 26.7. The van der Waals surface area contributed by atoms with E-state index in [2.05, 4.69) is 4.98 Å². The van der Waals surface area contributed by atoms with E-state index in [1.807, 2.05) is 0 Å². The fraction of sp³-hybridized carbons (Fsp3) is 0.571. The maximum Gasteiger partial charge on any atom is 0.382 e. The molecule has 1 aromatic rings. The van der Waals surface area contributed by atoms with Crippen molar-refractivity contribution in [3.63, 3.8) is 0 Å². The molecular weight excluding hydrogens is 193 g/mol. The van der Waals surface area contributed by atoms with Crippen LogP contribution in [-0.4, -0.2) is 18.2 Å². The van der Waals surface area contributed by atoms with Gasteiger partial charge >= 0.3 is 7.60 Å². The van der Waals surface area contributed by atoms with E-state index in [1.54, 1.807) is 13.8 Å². The molecule has 1 rings (SSSR count). The summed E-state index contributed by atoms with van der Waals surface area (Å²) in [4.78, 5) is 3.75. The van der Waals surface area contributed by atoms with Crippen LogP contribution in [0, 0.1) is 0 Å². The van der Waals surface area contributed by atoms with Gasteiger partial charge in [0.15, 0.2) is 11.8 Å². The van der Waals surface area contributed by atoms with Gasteiger partial charge in [-0.3, -0.25) is 4.57 Å². The fourth-order valence-corrected chi connectivity index (χ4v) is 2.25. The minimum atomic E-state index is -3.23. The van der Waals surface area contributed by atoms with Crippen LogP contribution in [0.25, 0.3) is 0 Å². The Morgan fingerprint density at radius 2 is 2.08 bits per heavy atom. The second-order valence-electron chi connectivity index (χ2n) is 2.18. The molecule has 0 saturated heterocycles. The van der Waals surface area contributed by atoms with E-state index in [4.69, 9.17) is 13.5 Å². The highest BCUT2D eigenvalue weighted by atomic mass is 31.2. The Bertz CT molecular complexity index is 275. The van der Waals surface area contributed by atoms with Crippen LogP contribution in [0.1, 0.15) is 13.8 Å². The normalized spacial score (nSPS) is 11.8. The Morgan fingerprint density at radius 3 is 2.46 bits per heavy atom. The summed E-state index contributed by atoms with van der Waals surface area (Å²) in [6, 6.07) is 0. The van der Waals surface area contributed by atoms with Crippen LogP contribution >= 0.6 is 7.60 Å². The summed E-state index contributed by atoms with van der Waals surface area (Å²) in [6.45, 7) is 4.10. The van der Waals surface area contributed by atoms with Crippen molar-refractivity contribution >= 4 is 13.0 Å². The molecule has 0 radical (unpaired) electrons. The first-order valence-corrected chi connectivity index (χ1v) is 5.55. The van der Waals surface area contributed by atoms with E-state index in [0.717, 1.165) is 0 Å². The highest BCUT2D eigenvalue weighted by Crippen LogP contribution is 2.45. The molecule has 0 N–H and O–H groups in total. The summed E-state index contributed by atoms with van der Waals surface area (Å²) in [6.07, 6.45) is 2.46. The lowest BCUT2D eigenvalue weighted by atomic mass is 10.9. The predicted octanol–water partition coefficient (Wildman–Crippen LogP) is 1.57. The second kappa shape index (κ2) is 4.56. The summed E-state index contributed by atoms with van der Waals surface area (Å²) in [5.41, 5.74) is 0.219. The molecular formula is C7H12NO4P. The molecule has 5 nitrogen and oxygen atoms in total. The van der Waals surface area contributed by atoms with Gasteiger partial charge in [-0.05, 0) is 13.8 Å². The lowest BCUT2D eigenvalue weighted by Gasteiger charge is -2.13. The van der Waals surface area contributed by atoms with Gasteiger partial charge in [-0.2, -0.15) is 0 Å². The molecule has 0 atom stereocenters. The van der Waals surface area contributed by atoms with Gasteiger partial charge in [-0.15, -0.1) is 0 Å². The molecule has 0 aromatic carbocycles. The number of hydrogen-bond donors (Lipinski definition) is 0. The molecule has 1 heterocycles. The summed E-state index contributed by atoms with van der Waals surface area (Å²) in [7, 11) is -3.23. The Balaban J connectivity index is 2.85. The Morgan fingerprint density at radius 1 is 1.46 bits per heavy atom. The first-order valence-electron chi connectivity index (χ1n) is 4.00. The predicted molar refractivity (Wildman–Crippen MR) is 47.0 cm³/mol. The van der Waals surface area contributed by atoms with Crippen molar-refractivity contribution in [2.75, 3.05) is 13.2 Å². The monoisotopic (exact) mass is 205 g/mol. The zero-order chi connectivity index (χ0) is 9.73. The van der Waals surface area contributed by atoms with Gasteiger partial charge in [0.2, 0.25) is 0 Å². The Labute approximate surface area is 76.6 Å². The fourth-order valence-electron chi connectivity index (χ4n) is 0.851. The molecule has 0 spiro atoms. The van der Waals surface area contributed by atoms with Crippen molar-refractivity contribution in [2.45, 2.75) is 13.8 Å². The molecule has 0 aliphatic carbocycles. The number of aromatic nitrogens is 1. The second-order valence-corrected chi connectivity index (χ2v) is 4.15. The molecule has 13 heavy (non-hydrogen) atoms. The van der Waals surface area contributed by atoms with Crippen LogP contribution < -0.4 is 5.44 Å². The summed E-state index contributed by atoms with van der Waals surface area (Å²) in [5, 5.41) is 0. The highest BCUT2D eigenvalue weighted by molar-refractivity contribution is 7.61. The molecule has 0 aliphatic rings. The molecule has 0 aliphatic heterocycles. The molecule has 0 fully saturated rings. The first kappa shape index (κ1) is 10.4. The maximum atomic E-state index is 11.9. The van der Waals surface area contributed by atoms with Crippen molar-refractivity contribution in [1.82, 2.24) is 4.98 Å². The summed E-state index contributed by atoms with van der Waals surface area (Å²) >= 11 is 0. The first-order chi connectivity index (χ1) is 6.23. The van der Waals surface area contributed by atoms with Crippen molar-refractivity contribution in [1.29, 1.82) is 0 Å². The molecule has 74 valence electrons. The molecule has 0 unspecified atom stereocenters. The largest absolute Gasteiger partial charge is 0.451 e. The molecule has 0 amide bonds. The van der Waals surface area contributed by atoms with Crippen molar-refractivity contribution in [3.05, 3.63) is 12.7 Å². The van der Waals surface area contributed by atoms with Crippen LogP contribution in [0.3, 0.4) is 0 Å². The average molecular weight is 205 g/mol. The zero-order valence-electron chi connectivity index (χ0n) is 7.60. The van der Waals surface area contributed by atoms with E-state index in [0.29, 0.717) is 13.2 Å². The van der Waals surface area contributed by atoms with Crippen LogP contribution in [-0.2, 0) is 13.6 Å². The van der Waals surface area contributed by atoms with Gasteiger partial charge in [-0.1, -0.05) is 0 Å². The maximum absolute atomic E-state index is 11.9. The van der Waals surface area contributed by atoms with Crippen LogP contribution in [0.5, 0.6) is 0 Å². The van der Waals surface area contributed by atoms with Gasteiger partial charge < -0.3 is 13.5 Å². The van der Waals surface area contributed by atoms with E-state index in [-0.39, 0.29) is 5.44 Å². The van der Waals surface area contributed by atoms with Crippen molar-refractivity contribution in [2.24, 2.45) is 0 Å². The van der Waals surface area contributed by atoms with Crippen LogP contribution in [0.4, 0.5) is 0 Å².